The summed E-state index contributed by atoms with van der Waals surface area (Å²) in [6, 6.07) is -0.926. The zero-order valence-electron chi connectivity index (χ0n) is 11.8. The lowest BCUT2D eigenvalue weighted by Gasteiger charge is -2.30. The Morgan fingerprint density at radius 3 is 2.55 bits per heavy atom. The van der Waals surface area contributed by atoms with Crippen molar-refractivity contribution in [2.75, 3.05) is 18.1 Å². The van der Waals surface area contributed by atoms with Gasteiger partial charge in [-0.1, -0.05) is 0 Å². The quantitative estimate of drug-likeness (QED) is 0.768. The lowest BCUT2D eigenvalue weighted by atomic mass is 10.2. The molecule has 1 atom stereocenters. The number of hydrogen-bond acceptors (Lipinski definition) is 4. The van der Waals surface area contributed by atoms with Gasteiger partial charge in [0.05, 0.1) is 17.9 Å². The molecule has 0 aromatic carbocycles. The highest BCUT2D eigenvalue weighted by Crippen LogP contribution is 2.13. The third kappa shape index (κ3) is 5.36. The zero-order chi connectivity index (χ0) is 15.3. The van der Waals surface area contributed by atoms with Gasteiger partial charge in [-0.2, -0.15) is 0 Å². The molecule has 1 aliphatic rings. The van der Waals surface area contributed by atoms with E-state index in [-0.39, 0.29) is 36.6 Å². The number of sulfone groups is 1. The van der Waals surface area contributed by atoms with Crippen molar-refractivity contribution in [3.8, 4) is 0 Å². The molecule has 0 spiro atoms. The van der Waals surface area contributed by atoms with Crippen molar-refractivity contribution in [1.29, 1.82) is 0 Å². The number of nitrogens with zero attached hydrogens (tertiary/aromatic N) is 1. The van der Waals surface area contributed by atoms with Crippen LogP contribution < -0.4 is 5.32 Å². The summed E-state index contributed by atoms with van der Waals surface area (Å²) in [5, 5.41) is 11.4. The van der Waals surface area contributed by atoms with Gasteiger partial charge in [0.2, 0.25) is 0 Å². The van der Waals surface area contributed by atoms with E-state index in [1.54, 1.807) is 13.8 Å². The second-order valence-corrected chi connectivity index (χ2v) is 7.56. The zero-order valence-corrected chi connectivity index (χ0v) is 12.6. The number of hydrogen-bond donors (Lipinski definition) is 2. The first-order valence-electron chi connectivity index (χ1n) is 6.70. The highest BCUT2D eigenvalue weighted by atomic mass is 32.2. The number of amides is 2. The van der Waals surface area contributed by atoms with Crippen molar-refractivity contribution in [1.82, 2.24) is 10.2 Å². The van der Waals surface area contributed by atoms with Crippen LogP contribution in [0.1, 0.15) is 33.1 Å². The van der Waals surface area contributed by atoms with Crippen molar-refractivity contribution in [2.45, 2.75) is 45.2 Å². The Hall–Kier alpha value is -1.31. The van der Waals surface area contributed by atoms with E-state index in [0.717, 1.165) is 0 Å². The molecule has 1 saturated heterocycles. The van der Waals surface area contributed by atoms with Crippen LogP contribution in [0.3, 0.4) is 0 Å². The molecule has 2 amide bonds. The van der Waals surface area contributed by atoms with Gasteiger partial charge in [0.25, 0.3) is 0 Å². The van der Waals surface area contributed by atoms with Gasteiger partial charge in [-0.05, 0) is 26.7 Å². The molecule has 1 rings (SSSR count). The van der Waals surface area contributed by atoms with Crippen LogP contribution in [0.4, 0.5) is 4.79 Å². The monoisotopic (exact) mass is 306 g/mol. The third-order valence-electron chi connectivity index (χ3n) is 3.24. The fourth-order valence-corrected chi connectivity index (χ4v) is 3.84. The van der Waals surface area contributed by atoms with Crippen molar-refractivity contribution in [2.24, 2.45) is 0 Å². The van der Waals surface area contributed by atoms with E-state index < -0.39 is 21.8 Å². The largest absolute Gasteiger partial charge is 0.481 e. The van der Waals surface area contributed by atoms with Gasteiger partial charge in [0, 0.05) is 18.6 Å². The average Bonchev–Trinajstić information content (AvgIpc) is 2.26. The fourth-order valence-electron chi connectivity index (χ4n) is 2.20. The minimum Gasteiger partial charge on any atom is -0.481 e. The fraction of sp³-hybridized carbons (Fsp3) is 0.833. The van der Waals surface area contributed by atoms with Gasteiger partial charge < -0.3 is 15.3 Å². The van der Waals surface area contributed by atoms with Gasteiger partial charge in [-0.15, -0.1) is 0 Å². The van der Waals surface area contributed by atoms with Crippen LogP contribution in [-0.2, 0) is 14.6 Å². The smallest absolute Gasteiger partial charge is 0.317 e. The Morgan fingerprint density at radius 1 is 1.40 bits per heavy atom. The summed E-state index contributed by atoms with van der Waals surface area (Å²) in [6.45, 7) is 3.69. The average molecular weight is 306 g/mol. The van der Waals surface area contributed by atoms with Gasteiger partial charge in [0.1, 0.15) is 0 Å². The molecule has 1 fully saturated rings. The Morgan fingerprint density at radius 2 is 2.05 bits per heavy atom. The molecule has 0 aliphatic carbocycles. The van der Waals surface area contributed by atoms with Crippen LogP contribution >= 0.6 is 0 Å². The Bertz CT molecular complexity index is 460. The standard InChI is InChI=1S/C12H22N2O5S/c1-9(2)14(6-5-11(15)16)12(17)13-10-4-3-7-20(18,19)8-10/h9-10H,3-8H2,1-2H3,(H,13,17)(H,15,16). The summed E-state index contributed by atoms with van der Waals surface area (Å²) >= 11 is 0. The van der Waals surface area contributed by atoms with E-state index >= 15 is 0 Å². The van der Waals surface area contributed by atoms with Gasteiger partial charge in [0.15, 0.2) is 9.84 Å². The highest BCUT2D eigenvalue weighted by Gasteiger charge is 2.28. The molecule has 1 unspecified atom stereocenters. The first-order chi connectivity index (χ1) is 9.21. The van der Waals surface area contributed by atoms with E-state index in [0.29, 0.717) is 12.8 Å². The van der Waals surface area contributed by atoms with E-state index in [1.807, 2.05) is 0 Å². The third-order valence-corrected chi connectivity index (χ3v) is 5.06. The molecular formula is C12H22N2O5S. The highest BCUT2D eigenvalue weighted by molar-refractivity contribution is 7.91. The van der Waals surface area contributed by atoms with Crippen molar-refractivity contribution >= 4 is 21.8 Å². The number of carbonyl (C=O) groups is 2. The molecule has 0 saturated carbocycles. The first-order valence-corrected chi connectivity index (χ1v) is 8.53. The second kappa shape index (κ2) is 6.92. The van der Waals surface area contributed by atoms with Crippen LogP contribution in [0.2, 0.25) is 0 Å². The topological polar surface area (TPSA) is 104 Å². The number of nitrogens with one attached hydrogen (secondary N) is 1. The number of carbonyl (C=O) groups excluding carboxylic acids is 1. The molecule has 2 N–H and O–H groups in total. The Balaban J connectivity index is 2.59. The molecule has 20 heavy (non-hydrogen) atoms. The molecule has 1 aliphatic heterocycles. The molecule has 116 valence electrons. The lowest BCUT2D eigenvalue weighted by Crippen LogP contribution is -2.51. The Labute approximate surface area is 119 Å². The maximum absolute atomic E-state index is 12.1. The molecule has 0 bridgehead atoms. The van der Waals surface area contributed by atoms with Crippen LogP contribution in [-0.4, -0.2) is 60.6 Å². The van der Waals surface area contributed by atoms with Crippen LogP contribution in [0, 0.1) is 0 Å². The minimum atomic E-state index is -3.08. The van der Waals surface area contributed by atoms with Crippen molar-refractivity contribution in [3.63, 3.8) is 0 Å². The molecule has 0 aromatic heterocycles. The van der Waals surface area contributed by atoms with Crippen molar-refractivity contribution < 1.29 is 23.1 Å². The number of carboxylic acids is 1. The molecule has 7 nitrogen and oxygen atoms in total. The van der Waals surface area contributed by atoms with Crippen molar-refractivity contribution in [3.05, 3.63) is 0 Å². The predicted molar refractivity (Wildman–Crippen MR) is 74.3 cm³/mol. The number of urea groups is 1. The van der Waals surface area contributed by atoms with Crippen LogP contribution in [0.15, 0.2) is 0 Å². The van der Waals surface area contributed by atoms with E-state index in [9.17, 15) is 18.0 Å². The van der Waals surface area contributed by atoms with Gasteiger partial charge in [-0.25, -0.2) is 13.2 Å². The number of carboxylic acid groups (broad SMARTS) is 1. The van der Waals surface area contributed by atoms with Gasteiger partial charge >= 0.3 is 12.0 Å². The molecule has 1 heterocycles. The summed E-state index contributed by atoms with van der Waals surface area (Å²) in [7, 11) is -3.08. The van der Waals surface area contributed by atoms with E-state index in [4.69, 9.17) is 5.11 Å². The predicted octanol–water partition coefficient (Wildman–Crippen LogP) is 0.458. The second-order valence-electron chi connectivity index (χ2n) is 5.33. The van der Waals surface area contributed by atoms with E-state index in [1.165, 1.54) is 4.90 Å². The number of rotatable bonds is 5. The van der Waals surface area contributed by atoms with Crippen LogP contribution in [0.5, 0.6) is 0 Å². The summed E-state index contributed by atoms with van der Waals surface area (Å²) < 4.78 is 23.0. The maximum atomic E-state index is 12.1. The minimum absolute atomic E-state index is 0.0381. The number of aliphatic carboxylic acids is 1. The summed E-state index contributed by atoms with van der Waals surface area (Å²) in [5.41, 5.74) is 0. The molecule has 8 heteroatoms. The maximum Gasteiger partial charge on any atom is 0.317 e. The van der Waals surface area contributed by atoms with E-state index in [2.05, 4.69) is 5.32 Å². The molecular weight excluding hydrogens is 284 g/mol. The summed E-state index contributed by atoms with van der Waals surface area (Å²) in [4.78, 5) is 24.1. The SMILES string of the molecule is CC(C)N(CCC(=O)O)C(=O)NC1CCCS(=O)(=O)C1. The van der Waals surface area contributed by atoms with Crippen LogP contribution in [0.25, 0.3) is 0 Å². The normalized spacial score (nSPS) is 21.4. The molecule has 0 radical (unpaired) electrons. The Kier molecular flexibility index (Phi) is 5.79. The first kappa shape index (κ1) is 16.7. The summed E-state index contributed by atoms with van der Waals surface area (Å²) in [6.07, 6.45) is 1.05. The molecule has 0 aromatic rings. The summed E-state index contributed by atoms with van der Waals surface area (Å²) in [5.74, 6) is -0.834. The van der Waals surface area contributed by atoms with Gasteiger partial charge in [-0.3, -0.25) is 4.79 Å². The lowest BCUT2D eigenvalue weighted by molar-refractivity contribution is -0.137.